The van der Waals surface area contributed by atoms with E-state index in [1.807, 2.05) is 0 Å². The molecule has 0 bridgehead atoms. The first-order valence-corrected chi connectivity index (χ1v) is 12.1. The lowest BCUT2D eigenvalue weighted by Crippen LogP contribution is -2.43. The van der Waals surface area contributed by atoms with Crippen LogP contribution in [0.2, 0.25) is 19.6 Å². The highest BCUT2D eigenvalue weighted by Crippen LogP contribution is 2.38. The largest absolute Gasteiger partial charge is 0.374 e. The SMILES string of the molecule is CC(C)c1cccc(C(C)C)c1N(C=C1C=CC=C1)[Si](C)(C)C. The number of hydrogen-bond donors (Lipinski definition) is 0. The van der Waals surface area contributed by atoms with Crippen molar-refractivity contribution in [3.05, 3.63) is 65.4 Å². The topological polar surface area (TPSA) is 3.24 Å². The molecule has 2 heteroatoms. The number of hydrogen-bond acceptors (Lipinski definition) is 1. The Morgan fingerprint density at radius 3 is 1.74 bits per heavy atom. The summed E-state index contributed by atoms with van der Waals surface area (Å²) in [4.78, 5) is 0. The second-order valence-electron chi connectivity index (χ2n) is 7.98. The van der Waals surface area contributed by atoms with Gasteiger partial charge in [-0.1, -0.05) is 89.8 Å². The van der Waals surface area contributed by atoms with Gasteiger partial charge in [0.25, 0.3) is 0 Å². The van der Waals surface area contributed by atoms with Crippen LogP contribution >= 0.6 is 0 Å². The van der Waals surface area contributed by atoms with E-state index in [0.29, 0.717) is 11.8 Å². The van der Waals surface area contributed by atoms with Crippen molar-refractivity contribution in [3.63, 3.8) is 0 Å². The summed E-state index contributed by atoms with van der Waals surface area (Å²) >= 11 is 0. The van der Waals surface area contributed by atoms with Crippen LogP contribution in [-0.4, -0.2) is 8.24 Å². The van der Waals surface area contributed by atoms with Gasteiger partial charge in [-0.15, -0.1) is 0 Å². The smallest absolute Gasteiger partial charge is 0.152 e. The molecule has 124 valence electrons. The molecule has 1 aromatic carbocycles. The van der Waals surface area contributed by atoms with Crippen molar-refractivity contribution < 1.29 is 0 Å². The fraction of sp³-hybridized carbons (Fsp3) is 0.429. The molecule has 0 saturated carbocycles. The van der Waals surface area contributed by atoms with Crippen molar-refractivity contribution in [1.82, 2.24) is 0 Å². The van der Waals surface area contributed by atoms with Crippen molar-refractivity contribution in [2.75, 3.05) is 4.57 Å². The van der Waals surface area contributed by atoms with E-state index in [1.54, 1.807) is 0 Å². The average Bonchev–Trinajstić information content (AvgIpc) is 2.95. The Labute approximate surface area is 143 Å². The normalized spacial score (nSPS) is 14.2. The quantitative estimate of drug-likeness (QED) is 0.552. The monoisotopic (exact) mass is 325 g/mol. The molecular formula is C21H31NSi. The van der Waals surface area contributed by atoms with E-state index in [9.17, 15) is 0 Å². The van der Waals surface area contributed by atoms with Crippen LogP contribution in [0.4, 0.5) is 5.69 Å². The van der Waals surface area contributed by atoms with Gasteiger partial charge in [-0.3, -0.25) is 0 Å². The minimum Gasteiger partial charge on any atom is -0.374 e. The van der Waals surface area contributed by atoms with Gasteiger partial charge in [0.1, 0.15) is 0 Å². The zero-order valence-electron chi connectivity index (χ0n) is 15.7. The molecule has 0 atom stereocenters. The fourth-order valence-corrected chi connectivity index (χ4v) is 4.47. The highest BCUT2D eigenvalue weighted by Gasteiger charge is 2.28. The van der Waals surface area contributed by atoms with Crippen molar-refractivity contribution in [3.8, 4) is 0 Å². The Hall–Kier alpha value is -1.54. The zero-order chi connectivity index (χ0) is 17.2. The van der Waals surface area contributed by atoms with Gasteiger partial charge < -0.3 is 4.57 Å². The number of allylic oxidation sites excluding steroid dienone is 5. The molecule has 0 aliphatic heterocycles. The Kier molecular flexibility index (Phi) is 5.36. The van der Waals surface area contributed by atoms with E-state index in [-0.39, 0.29) is 0 Å². The second-order valence-corrected chi connectivity index (χ2v) is 12.8. The van der Waals surface area contributed by atoms with Crippen LogP contribution in [0.3, 0.4) is 0 Å². The lowest BCUT2D eigenvalue weighted by atomic mass is 9.92. The molecule has 0 fully saturated rings. The first-order chi connectivity index (χ1) is 10.7. The molecule has 1 aliphatic rings. The molecule has 0 amide bonds. The van der Waals surface area contributed by atoms with Crippen molar-refractivity contribution in [1.29, 1.82) is 0 Å². The third-order valence-corrected chi connectivity index (χ3v) is 6.07. The summed E-state index contributed by atoms with van der Waals surface area (Å²) in [5.74, 6) is 1.05. The van der Waals surface area contributed by atoms with Gasteiger partial charge in [-0.2, -0.15) is 0 Å². The van der Waals surface area contributed by atoms with Crippen LogP contribution in [0, 0.1) is 0 Å². The van der Waals surface area contributed by atoms with Gasteiger partial charge in [0, 0.05) is 11.9 Å². The Balaban J connectivity index is 2.69. The van der Waals surface area contributed by atoms with Gasteiger partial charge in [0.05, 0.1) is 0 Å². The first kappa shape index (κ1) is 17.8. The second kappa shape index (κ2) is 6.92. The number of rotatable bonds is 5. The standard InChI is InChI=1S/C21H31NSi/c1-16(2)19-13-10-14-20(17(3)4)21(19)22(23(5,6)7)15-18-11-8-9-12-18/h8-17H,1-7H3. The van der Waals surface area contributed by atoms with E-state index in [1.165, 1.54) is 22.4 Å². The summed E-state index contributed by atoms with van der Waals surface area (Å²) in [6.07, 6.45) is 11.0. The molecule has 0 aromatic heterocycles. The lowest BCUT2D eigenvalue weighted by Gasteiger charge is -2.38. The van der Waals surface area contributed by atoms with Crippen LogP contribution in [0.25, 0.3) is 0 Å². The third kappa shape index (κ3) is 4.05. The number of para-hydroxylation sites is 1. The molecule has 0 spiro atoms. The molecule has 0 radical (unpaired) electrons. The fourth-order valence-electron chi connectivity index (χ4n) is 3.01. The van der Waals surface area contributed by atoms with Gasteiger partial charge in [-0.25, -0.2) is 0 Å². The van der Waals surface area contributed by atoms with E-state index in [2.05, 4.69) is 101 Å². The molecule has 1 nitrogen and oxygen atoms in total. The minimum absolute atomic E-state index is 0.524. The molecular weight excluding hydrogens is 294 g/mol. The molecule has 23 heavy (non-hydrogen) atoms. The van der Waals surface area contributed by atoms with Crippen LogP contribution in [0.5, 0.6) is 0 Å². The summed E-state index contributed by atoms with van der Waals surface area (Å²) in [5, 5.41) is 0. The third-order valence-electron chi connectivity index (χ3n) is 4.27. The Bertz CT molecular complexity index is 602. The maximum Gasteiger partial charge on any atom is 0.152 e. The van der Waals surface area contributed by atoms with E-state index in [0.717, 1.165) is 0 Å². The van der Waals surface area contributed by atoms with Crippen LogP contribution in [0.1, 0.15) is 50.7 Å². The Morgan fingerprint density at radius 1 is 0.870 bits per heavy atom. The number of benzene rings is 1. The first-order valence-electron chi connectivity index (χ1n) is 8.70. The highest BCUT2D eigenvalue weighted by atomic mass is 28.3. The molecule has 0 heterocycles. The Morgan fingerprint density at radius 2 is 1.35 bits per heavy atom. The summed E-state index contributed by atoms with van der Waals surface area (Å²) in [5.41, 5.74) is 5.65. The molecule has 2 rings (SSSR count). The number of anilines is 1. The molecule has 1 aliphatic carbocycles. The predicted octanol–water partition coefficient (Wildman–Crippen LogP) is 6.58. The molecule has 1 aromatic rings. The predicted molar refractivity (Wildman–Crippen MR) is 107 cm³/mol. The molecule has 0 N–H and O–H groups in total. The number of nitrogens with zero attached hydrogens (tertiary/aromatic N) is 1. The van der Waals surface area contributed by atoms with E-state index >= 15 is 0 Å². The van der Waals surface area contributed by atoms with Crippen molar-refractivity contribution >= 4 is 13.9 Å². The van der Waals surface area contributed by atoms with Gasteiger partial charge in [0.2, 0.25) is 0 Å². The van der Waals surface area contributed by atoms with Gasteiger partial charge >= 0.3 is 0 Å². The maximum absolute atomic E-state index is 2.60. The van der Waals surface area contributed by atoms with Crippen molar-refractivity contribution in [2.24, 2.45) is 0 Å². The average molecular weight is 326 g/mol. The van der Waals surface area contributed by atoms with E-state index in [4.69, 9.17) is 0 Å². The molecule has 0 unspecified atom stereocenters. The summed E-state index contributed by atoms with van der Waals surface area (Å²) in [6.45, 7) is 16.5. The van der Waals surface area contributed by atoms with Gasteiger partial charge in [0.15, 0.2) is 8.24 Å². The zero-order valence-corrected chi connectivity index (χ0v) is 16.7. The van der Waals surface area contributed by atoms with Crippen LogP contribution in [-0.2, 0) is 0 Å². The summed E-state index contributed by atoms with van der Waals surface area (Å²) in [7, 11) is -1.56. The van der Waals surface area contributed by atoms with Gasteiger partial charge in [-0.05, 0) is 28.5 Å². The summed E-state index contributed by atoms with van der Waals surface area (Å²) in [6, 6.07) is 6.83. The molecule has 0 saturated heterocycles. The van der Waals surface area contributed by atoms with E-state index < -0.39 is 8.24 Å². The van der Waals surface area contributed by atoms with Crippen molar-refractivity contribution in [2.45, 2.75) is 59.2 Å². The minimum atomic E-state index is -1.56. The highest BCUT2D eigenvalue weighted by molar-refractivity contribution is 6.80. The lowest BCUT2D eigenvalue weighted by molar-refractivity contribution is 0.832. The van der Waals surface area contributed by atoms with Crippen LogP contribution < -0.4 is 4.57 Å². The maximum atomic E-state index is 2.60. The summed E-state index contributed by atoms with van der Waals surface area (Å²) < 4.78 is 2.60. The van der Waals surface area contributed by atoms with Crippen LogP contribution in [0.15, 0.2) is 54.3 Å².